The molecular formula is C12H11FO3. The second-order valence-electron chi connectivity index (χ2n) is 2.94. The number of carbonyl (C=O) groups is 1. The van der Waals surface area contributed by atoms with Crippen molar-refractivity contribution >= 4 is 5.97 Å². The Morgan fingerprint density at radius 3 is 2.94 bits per heavy atom. The van der Waals surface area contributed by atoms with Gasteiger partial charge in [0.25, 0.3) is 0 Å². The number of ether oxygens (including phenoxy) is 1. The molecule has 1 aromatic carbocycles. The maximum atomic E-state index is 13.2. The van der Waals surface area contributed by atoms with Crippen LogP contribution in [0.2, 0.25) is 0 Å². The summed E-state index contributed by atoms with van der Waals surface area (Å²) in [6.45, 7) is 1.94. The molecule has 0 aliphatic heterocycles. The lowest BCUT2D eigenvalue weighted by Crippen LogP contribution is -2.06. The van der Waals surface area contributed by atoms with Crippen molar-refractivity contribution in [3.05, 3.63) is 29.6 Å². The molecule has 0 saturated carbocycles. The van der Waals surface area contributed by atoms with Gasteiger partial charge in [-0.05, 0) is 19.1 Å². The second kappa shape index (κ2) is 5.76. The van der Waals surface area contributed by atoms with Crippen molar-refractivity contribution in [1.82, 2.24) is 0 Å². The molecule has 0 saturated heterocycles. The number of carboxylic acids is 1. The molecule has 0 aromatic heterocycles. The average Bonchev–Trinajstić information content (AvgIpc) is 2.24. The Bertz CT molecular complexity index is 443. The number of halogens is 1. The van der Waals surface area contributed by atoms with Gasteiger partial charge in [0.1, 0.15) is 17.1 Å². The quantitative estimate of drug-likeness (QED) is 0.628. The van der Waals surface area contributed by atoms with Gasteiger partial charge in [0.2, 0.25) is 0 Å². The van der Waals surface area contributed by atoms with E-state index in [9.17, 15) is 9.18 Å². The molecule has 0 atom stereocenters. The summed E-state index contributed by atoms with van der Waals surface area (Å²) in [5.74, 6) is 3.34. The van der Waals surface area contributed by atoms with Gasteiger partial charge in [0.05, 0.1) is 6.61 Å². The summed E-state index contributed by atoms with van der Waals surface area (Å²) in [4.78, 5) is 10.8. The van der Waals surface area contributed by atoms with E-state index in [0.717, 1.165) is 6.07 Å². The summed E-state index contributed by atoms with van der Waals surface area (Å²) in [5.41, 5.74) is -0.438. The van der Waals surface area contributed by atoms with Crippen LogP contribution in [0.25, 0.3) is 0 Å². The molecule has 0 spiro atoms. The Morgan fingerprint density at radius 2 is 2.31 bits per heavy atom. The van der Waals surface area contributed by atoms with E-state index in [1.54, 1.807) is 6.92 Å². The maximum Gasteiger partial charge on any atom is 0.342 e. The highest BCUT2D eigenvalue weighted by molar-refractivity contribution is 5.91. The maximum absolute atomic E-state index is 13.2. The van der Waals surface area contributed by atoms with Gasteiger partial charge in [-0.3, -0.25) is 0 Å². The molecule has 84 valence electrons. The van der Waals surface area contributed by atoms with Crippen LogP contribution in [0.5, 0.6) is 5.75 Å². The van der Waals surface area contributed by atoms with Crippen LogP contribution < -0.4 is 4.74 Å². The van der Waals surface area contributed by atoms with E-state index in [4.69, 9.17) is 9.84 Å². The Hall–Kier alpha value is -2.02. The van der Waals surface area contributed by atoms with Crippen molar-refractivity contribution in [2.24, 2.45) is 0 Å². The van der Waals surface area contributed by atoms with Crippen LogP contribution in [0, 0.1) is 17.7 Å². The summed E-state index contributed by atoms with van der Waals surface area (Å²) >= 11 is 0. The monoisotopic (exact) mass is 222 g/mol. The first kappa shape index (κ1) is 12.1. The van der Waals surface area contributed by atoms with Gasteiger partial charge in [-0.25, -0.2) is 9.18 Å². The molecule has 16 heavy (non-hydrogen) atoms. The molecule has 0 fully saturated rings. The molecule has 4 heteroatoms. The fourth-order valence-electron chi connectivity index (χ4n) is 1.17. The highest BCUT2D eigenvalue weighted by Crippen LogP contribution is 2.21. The number of hydrogen-bond donors (Lipinski definition) is 1. The summed E-state index contributed by atoms with van der Waals surface area (Å²) in [7, 11) is 0. The number of rotatable bonds is 4. The fourth-order valence-corrected chi connectivity index (χ4v) is 1.17. The fraction of sp³-hybridized carbons (Fsp3) is 0.250. The molecule has 0 aliphatic carbocycles. The molecule has 1 N–H and O–H groups in total. The lowest BCUT2D eigenvalue weighted by Gasteiger charge is -2.07. The van der Waals surface area contributed by atoms with Crippen LogP contribution in [-0.2, 0) is 0 Å². The molecule has 0 heterocycles. The number of carboxylic acid groups (broad SMARTS) is 1. The molecule has 1 rings (SSSR count). The van der Waals surface area contributed by atoms with Crippen LogP contribution in [0.1, 0.15) is 23.7 Å². The molecule has 0 amide bonds. The van der Waals surface area contributed by atoms with Crippen molar-refractivity contribution in [2.45, 2.75) is 13.3 Å². The third kappa shape index (κ3) is 2.99. The van der Waals surface area contributed by atoms with Gasteiger partial charge < -0.3 is 9.84 Å². The zero-order valence-corrected chi connectivity index (χ0v) is 8.79. The first-order valence-corrected chi connectivity index (χ1v) is 4.71. The van der Waals surface area contributed by atoms with E-state index in [0.29, 0.717) is 6.42 Å². The normalized spacial score (nSPS) is 9.12. The van der Waals surface area contributed by atoms with Crippen LogP contribution in [-0.4, -0.2) is 17.7 Å². The minimum Gasteiger partial charge on any atom is -0.492 e. The third-order valence-electron chi connectivity index (χ3n) is 1.85. The minimum atomic E-state index is -1.34. The highest BCUT2D eigenvalue weighted by Gasteiger charge is 2.16. The predicted molar refractivity (Wildman–Crippen MR) is 56.9 cm³/mol. The molecule has 1 aromatic rings. The van der Waals surface area contributed by atoms with E-state index < -0.39 is 17.3 Å². The average molecular weight is 222 g/mol. The summed E-state index contributed by atoms with van der Waals surface area (Å²) in [6.07, 6.45) is 0.478. The first-order valence-electron chi connectivity index (χ1n) is 4.71. The Labute approximate surface area is 92.9 Å². The molecule has 0 aliphatic rings. The van der Waals surface area contributed by atoms with E-state index in [2.05, 4.69) is 11.8 Å². The van der Waals surface area contributed by atoms with Crippen LogP contribution in [0.3, 0.4) is 0 Å². The lowest BCUT2D eigenvalue weighted by atomic mass is 10.2. The van der Waals surface area contributed by atoms with Crippen molar-refractivity contribution < 1.29 is 19.0 Å². The van der Waals surface area contributed by atoms with Gasteiger partial charge in [0, 0.05) is 6.42 Å². The Balaban J connectivity index is 2.81. The van der Waals surface area contributed by atoms with Crippen LogP contribution in [0.15, 0.2) is 18.2 Å². The van der Waals surface area contributed by atoms with Gasteiger partial charge in [0.15, 0.2) is 0 Å². The minimum absolute atomic E-state index is 0.0328. The van der Waals surface area contributed by atoms with Crippen LogP contribution in [0.4, 0.5) is 4.39 Å². The standard InChI is InChI=1S/C12H11FO3/c1-2-3-4-8-16-10-7-5-6-9(13)11(10)12(14)15/h5-7H,4,8H2,1H3,(H,14,15). The van der Waals surface area contributed by atoms with Crippen molar-refractivity contribution in [3.63, 3.8) is 0 Å². The zero-order valence-electron chi connectivity index (χ0n) is 8.79. The molecular weight excluding hydrogens is 211 g/mol. The highest BCUT2D eigenvalue weighted by atomic mass is 19.1. The number of hydrogen-bond acceptors (Lipinski definition) is 2. The van der Waals surface area contributed by atoms with Gasteiger partial charge in [-0.15, -0.1) is 11.8 Å². The van der Waals surface area contributed by atoms with Gasteiger partial charge in [-0.1, -0.05) is 6.07 Å². The summed E-state index contributed by atoms with van der Waals surface area (Å²) < 4.78 is 18.3. The summed E-state index contributed by atoms with van der Waals surface area (Å²) in [5, 5.41) is 8.80. The van der Waals surface area contributed by atoms with E-state index in [1.165, 1.54) is 12.1 Å². The van der Waals surface area contributed by atoms with E-state index >= 15 is 0 Å². The Morgan fingerprint density at radius 1 is 1.56 bits per heavy atom. The lowest BCUT2D eigenvalue weighted by molar-refractivity contribution is 0.0687. The van der Waals surface area contributed by atoms with Gasteiger partial charge in [-0.2, -0.15) is 0 Å². The van der Waals surface area contributed by atoms with E-state index in [1.807, 2.05) is 0 Å². The van der Waals surface area contributed by atoms with E-state index in [-0.39, 0.29) is 12.4 Å². The predicted octanol–water partition coefficient (Wildman–Crippen LogP) is 2.32. The first-order chi connectivity index (χ1) is 7.66. The van der Waals surface area contributed by atoms with Crippen molar-refractivity contribution in [3.8, 4) is 17.6 Å². The largest absolute Gasteiger partial charge is 0.492 e. The van der Waals surface area contributed by atoms with Crippen molar-refractivity contribution in [2.75, 3.05) is 6.61 Å². The van der Waals surface area contributed by atoms with Crippen molar-refractivity contribution in [1.29, 1.82) is 0 Å². The second-order valence-corrected chi connectivity index (χ2v) is 2.94. The Kier molecular flexibility index (Phi) is 4.34. The third-order valence-corrected chi connectivity index (χ3v) is 1.85. The summed E-state index contributed by atoms with van der Waals surface area (Å²) in [6, 6.07) is 3.91. The molecule has 0 unspecified atom stereocenters. The SMILES string of the molecule is CC#CCCOc1cccc(F)c1C(=O)O. The molecule has 0 radical (unpaired) electrons. The smallest absolute Gasteiger partial charge is 0.342 e. The zero-order chi connectivity index (χ0) is 12.0. The van der Waals surface area contributed by atoms with Gasteiger partial charge >= 0.3 is 5.97 Å². The number of aromatic carboxylic acids is 1. The number of benzene rings is 1. The topological polar surface area (TPSA) is 46.5 Å². The molecule has 3 nitrogen and oxygen atoms in total. The van der Waals surface area contributed by atoms with Crippen LogP contribution >= 0.6 is 0 Å². The molecule has 0 bridgehead atoms.